The van der Waals surface area contributed by atoms with Gasteiger partial charge in [0.05, 0.1) is 12.8 Å². The van der Waals surface area contributed by atoms with Gasteiger partial charge in [-0.15, -0.1) is 0 Å². The number of fused-ring (bicyclic) bond motifs is 1. The normalized spacial score (nSPS) is 12.4. The van der Waals surface area contributed by atoms with Crippen molar-refractivity contribution in [2.45, 2.75) is 12.6 Å². The molecule has 2 aromatic carbocycles. The number of aliphatic hydroxyl groups excluding tert-OH is 1. The Morgan fingerprint density at radius 2 is 1.94 bits per heavy atom. The SMILES string of the molecule is Cn1c(=O)[nH]c(=O)c2c1nc(N/N=C\c1ccc(F)cc1)n2C[C@@H](O)COc1ccc(Cl)cc1. The van der Waals surface area contributed by atoms with Crippen LogP contribution in [0.4, 0.5) is 10.3 Å². The summed E-state index contributed by atoms with van der Waals surface area (Å²) in [6.07, 6.45) is 0.401. The van der Waals surface area contributed by atoms with Crippen molar-refractivity contribution in [3.05, 3.63) is 85.8 Å². The van der Waals surface area contributed by atoms with Crippen LogP contribution in [0.15, 0.2) is 63.2 Å². The lowest BCUT2D eigenvalue weighted by molar-refractivity contribution is 0.0938. The third-order valence-electron chi connectivity index (χ3n) is 4.90. The molecule has 4 rings (SSSR count). The van der Waals surface area contributed by atoms with Gasteiger partial charge in [-0.05, 0) is 42.0 Å². The summed E-state index contributed by atoms with van der Waals surface area (Å²) in [6, 6.07) is 12.3. The Labute approximate surface area is 196 Å². The number of aromatic amines is 1. The summed E-state index contributed by atoms with van der Waals surface area (Å²) in [5, 5.41) is 15.2. The number of nitrogens with one attached hydrogen (secondary N) is 2. The number of rotatable bonds is 8. The lowest BCUT2D eigenvalue weighted by Gasteiger charge is -2.15. The number of hydrogen-bond acceptors (Lipinski definition) is 7. The van der Waals surface area contributed by atoms with E-state index in [1.807, 2.05) is 0 Å². The molecule has 0 amide bonds. The molecule has 2 heterocycles. The highest BCUT2D eigenvalue weighted by Crippen LogP contribution is 2.18. The molecule has 0 spiro atoms. The molecular formula is C22H20ClFN6O4. The maximum absolute atomic E-state index is 13.1. The van der Waals surface area contributed by atoms with Crippen molar-refractivity contribution in [2.75, 3.05) is 12.0 Å². The molecule has 0 saturated heterocycles. The molecule has 10 nitrogen and oxygen atoms in total. The maximum Gasteiger partial charge on any atom is 0.329 e. The molecule has 0 bridgehead atoms. The molecule has 2 aromatic heterocycles. The summed E-state index contributed by atoms with van der Waals surface area (Å²) >= 11 is 5.86. The van der Waals surface area contributed by atoms with E-state index in [0.717, 1.165) is 0 Å². The molecule has 176 valence electrons. The number of hydrazone groups is 1. The Kier molecular flexibility index (Phi) is 6.75. The number of benzene rings is 2. The Morgan fingerprint density at radius 3 is 2.65 bits per heavy atom. The first-order chi connectivity index (χ1) is 16.3. The first-order valence-electron chi connectivity index (χ1n) is 10.1. The number of nitrogens with zero attached hydrogens (tertiary/aromatic N) is 4. The van der Waals surface area contributed by atoms with Crippen LogP contribution in [-0.2, 0) is 13.6 Å². The Morgan fingerprint density at radius 1 is 1.24 bits per heavy atom. The molecular weight excluding hydrogens is 467 g/mol. The van der Waals surface area contributed by atoms with Gasteiger partial charge >= 0.3 is 5.69 Å². The first kappa shape index (κ1) is 23.2. The van der Waals surface area contributed by atoms with Crippen LogP contribution in [0.3, 0.4) is 0 Å². The van der Waals surface area contributed by atoms with E-state index in [-0.39, 0.29) is 36.1 Å². The average Bonchev–Trinajstić information content (AvgIpc) is 3.17. The standard InChI is InChI=1S/C22H20ClFN6O4/c1-29-19-18(20(32)27-22(29)33)30(11-16(31)12-34-17-8-4-14(23)5-9-17)21(26-19)28-25-10-13-2-6-15(24)7-3-13/h2-10,16,31H,11-12H2,1H3,(H,26,28)(H,27,32,33)/b25-10-/t16-/m1/s1. The van der Waals surface area contributed by atoms with E-state index in [0.29, 0.717) is 16.3 Å². The average molecular weight is 487 g/mol. The van der Waals surface area contributed by atoms with E-state index in [1.54, 1.807) is 24.3 Å². The molecule has 0 aliphatic carbocycles. The number of hydrogen-bond donors (Lipinski definition) is 3. The lowest BCUT2D eigenvalue weighted by Crippen LogP contribution is -2.30. The molecule has 0 aliphatic rings. The number of imidazole rings is 1. The molecule has 0 aliphatic heterocycles. The summed E-state index contributed by atoms with van der Waals surface area (Å²) in [4.78, 5) is 31.1. The van der Waals surface area contributed by atoms with E-state index in [9.17, 15) is 19.1 Å². The maximum atomic E-state index is 13.1. The second-order valence-electron chi connectivity index (χ2n) is 7.38. The summed E-state index contributed by atoms with van der Waals surface area (Å²) < 4.78 is 21.3. The topological polar surface area (TPSA) is 127 Å². The van der Waals surface area contributed by atoms with Crippen molar-refractivity contribution >= 4 is 34.9 Å². The van der Waals surface area contributed by atoms with Crippen molar-refractivity contribution < 1.29 is 14.2 Å². The molecule has 12 heteroatoms. The number of aryl methyl sites for hydroxylation is 1. The third kappa shape index (κ3) is 5.16. The smallest absolute Gasteiger partial charge is 0.329 e. The van der Waals surface area contributed by atoms with Crippen molar-refractivity contribution in [3.63, 3.8) is 0 Å². The highest BCUT2D eigenvalue weighted by atomic mass is 35.5. The number of anilines is 1. The van der Waals surface area contributed by atoms with Gasteiger partial charge in [0.1, 0.15) is 24.3 Å². The van der Waals surface area contributed by atoms with Gasteiger partial charge in [-0.2, -0.15) is 10.1 Å². The van der Waals surface area contributed by atoms with E-state index < -0.39 is 17.4 Å². The first-order valence-corrected chi connectivity index (χ1v) is 10.5. The highest BCUT2D eigenvalue weighted by molar-refractivity contribution is 6.30. The largest absolute Gasteiger partial charge is 0.491 e. The fourth-order valence-electron chi connectivity index (χ4n) is 3.20. The van der Waals surface area contributed by atoms with Crippen LogP contribution in [0, 0.1) is 5.82 Å². The third-order valence-corrected chi connectivity index (χ3v) is 5.16. The van der Waals surface area contributed by atoms with Crippen molar-refractivity contribution in [1.82, 2.24) is 19.1 Å². The fourth-order valence-corrected chi connectivity index (χ4v) is 3.32. The minimum absolute atomic E-state index is 0.0760. The predicted octanol–water partition coefficient (Wildman–Crippen LogP) is 2.10. The van der Waals surface area contributed by atoms with Gasteiger partial charge in [-0.1, -0.05) is 23.7 Å². The van der Waals surface area contributed by atoms with Gasteiger partial charge < -0.3 is 14.4 Å². The zero-order valence-electron chi connectivity index (χ0n) is 17.9. The minimum Gasteiger partial charge on any atom is -0.491 e. The van der Waals surface area contributed by atoms with E-state index >= 15 is 0 Å². The highest BCUT2D eigenvalue weighted by Gasteiger charge is 2.20. The van der Waals surface area contributed by atoms with Gasteiger partial charge in [0.25, 0.3) is 5.56 Å². The fraction of sp³-hybridized carbons (Fsp3) is 0.182. The van der Waals surface area contributed by atoms with Crippen molar-refractivity contribution in [1.29, 1.82) is 0 Å². The monoisotopic (exact) mass is 486 g/mol. The Hall–Kier alpha value is -3.96. The number of aromatic nitrogens is 4. The molecule has 1 atom stereocenters. The molecule has 0 unspecified atom stereocenters. The van der Waals surface area contributed by atoms with Gasteiger partial charge in [0.15, 0.2) is 11.2 Å². The molecule has 34 heavy (non-hydrogen) atoms. The lowest BCUT2D eigenvalue weighted by atomic mass is 10.2. The summed E-state index contributed by atoms with van der Waals surface area (Å²) in [7, 11) is 1.46. The van der Waals surface area contributed by atoms with Crippen LogP contribution >= 0.6 is 11.6 Å². The van der Waals surface area contributed by atoms with E-state index in [1.165, 1.54) is 46.7 Å². The van der Waals surface area contributed by atoms with Crippen LogP contribution in [0.2, 0.25) is 5.02 Å². The Balaban J connectivity index is 1.60. The summed E-state index contributed by atoms with van der Waals surface area (Å²) in [5.74, 6) is 0.258. The minimum atomic E-state index is -1.04. The molecule has 3 N–H and O–H groups in total. The van der Waals surface area contributed by atoms with Crippen molar-refractivity contribution in [2.24, 2.45) is 12.1 Å². The Bertz CT molecular complexity index is 1440. The summed E-state index contributed by atoms with van der Waals surface area (Å²) in [6.45, 7) is -0.164. The van der Waals surface area contributed by atoms with Crippen LogP contribution < -0.4 is 21.4 Å². The van der Waals surface area contributed by atoms with Crippen LogP contribution in [0.5, 0.6) is 5.75 Å². The second-order valence-corrected chi connectivity index (χ2v) is 7.81. The van der Waals surface area contributed by atoms with Crippen LogP contribution in [-0.4, -0.2) is 43.1 Å². The number of ether oxygens (including phenoxy) is 1. The second kappa shape index (κ2) is 9.89. The summed E-state index contributed by atoms with van der Waals surface area (Å²) in [5.41, 5.74) is 2.24. The van der Waals surface area contributed by atoms with Gasteiger partial charge in [-0.25, -0.2) is 14.6 Å². The van der Waals surface area contributed by atoms with Crippen LogP contribution in [0.1, 0.15) is 5.56 Å². The van der Waals surface area contributed by atoms with Gasteiger partial charge in [-0.3, -0.25) is 14.3 Å². The zero-order valence-corrected chi connectivity index (χ0v) is 18.7. The zero-order chi connectivity index (χ0) is 24.2. The number of H-pyrrole nitrogens is 1. The quantitative estimate of drug-likeness (QED) is 0.258. The van der Waals surface area contributed by atoms with E-state index in [2.05, 4.69) is 20.5 Å². The molecule has 0 radical (unpaired) electrons. The van der Waals surface area contributed by atoms with E-state index in [4.69, 9.17) is 16.3 Å². The number of aliphatic hydroxyl groups is 1. The van der Waals surface area contributed by atoms with Gasteiger partial charge in [0.2, 0.25) is 5.95 Å². The number of halogens is 2. The molecule has 0 saturated carbocycles. The predicted molar refractivity (Wildman–Crippen MR) is 126 cm³/mol. The molecule has 4 aromatic rings. The van der Waals surface area contributed by atoms with Crippen molar-refractivity contribution in [3.8, 4) is 5.75 Å². The van der Waals surface area contributed by atoms with Crippen LogP contribution in [0.25, 0.3) is 11.2 Å². The molecule has 0 fully saturated rings. The van der Waals surface area contributed by atoms with Gasteiger partial charge in [0, 0.05) is 12.1 Å².